The van der Waals surface area contributed by atoms with Crippen LogP contribution in [0.1, 0.15) is 12.0 Å². The van der Waals surface area contributed by atoms with E-state index in [0.29, 0.717) is 0 Å². The second kappa shape index (κ2) is 4.30. The van der Waals surface area contributed by atoms with Crippen molar-refractivity contribution in [1.82, 2.24) is 4.98 Å². The van der Waals surface area contributed by atoms with E-state index in [-0.39, 0.29) is 4.60 Å². The molecule has 1 aromatic heterocycles. The summed E-state index contributed by atoms with van der Waals surface area (Å²) in [5.41, 5.74) is -0.496. The summed E-state index contributed by atoms with van der Waals surface area (Å²) in [5, 5.41) is 0. The van der Waals surface area contributed by atoms with Crippen molar-refractivity contribution in [3.8, 4) is 5.88 Å². The third-order valence-electron chi connectivity index (χ3n) is 1.31. The van der Waals surface area contributed by atoms with Gasteiger partial charge in [-0.2, -0.15) is 0 Å². The average Bonchev–Trinajstić information content (AvgIpc) is 1.99. The lowest BCUT2D eigenvalue weighted by Crippen LogP contribution is -2.18. The molecule has 1 rings (SSSR count). The molecule has 0 aromatic carbocycles. The highest BCUT2D eigenvalue weighted by molar-refractivity contribution is 9.10. The number of rotatable bonds is 2. The molecule has 15 heavy (non-hydrogen) atoms. The molecular weight excluding hydrogens is 289 g/mol. The van der Waals surface area contributed by atoms with Gasteiger partial charge in [-0.25, -0.2) is 13.8 Å². The Morgan fingerprint density at radius 1 is 1.27 bits per heavy atom. The zero-order valence-corrected chi connectivity index (χ0v) is 8.44. The highest BCUT2D eigenvalue weighted by Gasteiger charge is 2.32. The third kappa shape index (κ3) is 3.61. The van der Waals surface area contributed by atoms with E-state index in [1.807, 2.05) is 0 Å². The first-order valence-corrected chi connectivity index (χ1v) is 4.29. The maximum Gasteiger partial charge on any atom is 0.574 e. The van der Waals surface area contributed by atoms with Crippen molar-refractivity contribution in [1.29, 1.82) is 0 Å². The summed E-state index contributed by atoms with van der Waals surface area (Å²) in [7, 11) is 0. The predicted molar refractivity (Wildman–Crippen MR) is 43.6 cm³/mol. The monoisotopic (exact) mass is 291 g/mol. The Labute approximate surface area is 89.2 Å². The van der Waals surface area contributed by atoms with Gasteiger partial charge in [0, 0.05) is 6.07 Å². The van der Waals surface area contributed by atoms with E-state index in [1.54, 1.807) is 0 Å². The molecule has 0 fully saturated rings. The van der Waals surface area contributed by atoms with E-state index in [0.717, 1.165) is 12.1 Å². The molecular formula is C7H3BrF5NO. The van der Waals surface area contributed by atoms with Gasteiger partial charge in [-0.3, -0.25) is 0 Å². The number of halogens is 6. The summed E-state index contributed by atoms with van der Waals surface area (Å²) < 4.78 is 62.5. The van der Waals surface area contributed by atoms with E-state index < -0.39 is 24.2 Å². The summed E-state index contributed by atoms with van der Waals surface area (Å²) in [4.78, 5) is 3.17. The molecule has 2 nitrogen and oxygen atoms in total. The molecule has 0 radical (unpaired) electrons. The van der Waals surface area contributed by atoms with Crippen LogP contribution in [0.3, 0.4) is 0 Å². The van der Waals surface area contributed by atoms with Crippen LogP contribution in [-0.2, 0) is 0 Å². The van der Waals surface area contributed by atoms with Crippen LogP contribution in [-0.4, -0.2) is 11.3 Å². The molecule has 0 bridgehead atoms. The largest absolute Gasteiger partial charge is 0.574 e. The van der Waals surface area contributed by atoms with Crippen molar-refractivity contribution in [2.45, 2.75) is 12.8 Å². The maximum absolute atomic E-state index is 12.2. The van der Waals surface area contributed by atoms with Gasteiger partial charge in [-0.15, -0.1) is 13.2 Å². The quantitative estimate of drug-likeness (QED) is 0.612. The topological polar surface area (TPSA) is 22.1 Å². The predicted octanol–water partition coefficient (Wildman–Crippen LogP) is 3.68. The average molecular weight is 292 g/mol. The van der Waals surface area contributed by atoms with E-state index in [2.05, 4.69) is 25.7 Å². The SMILES string of the molecule is FC(F)c1ccc(OC(F)(F)F)nc1Br. The van der Waals surface area contributed by atoms with Crippen LogP contribution in [0.25, 0.3) is 0 Å². The van der Waals surface area contributed by atoms with Gasteiger partial charge < -0.3 is 4.74 Å². The summed E-state index contributed by atoms with van der Waals surface area (Å²) >= 11 is 2.62. The van der Waals surface area contributed by atoms with Gasteiger partial charge >= 0.3 is 6.36 Å². The number of aromatic nitrogens is 1. The zero-order chi connectivity index (χ0) is 11.6. The second-order valence-electron chi connectivity index (χ2n) is 2.38. The molecule has 0 saturated heterocycles. The molecule has 8 heteroatoms. The molecule has 0 atom stereocenters. The molecule has 84 valence electrons. The maximum atomic E-state index is 12.2. The van der Waals surface area contributed by atoms with Crippen LogP contribution in [0.15, 0.2) is 16.7 Å². The van der Waals surface area contributed by atoms with Crippen molar-refractivity contribution in [2.24, 2.45) is 0 Å². The molecule has 1 heterocycles. The van der Waals surface area contributed by atoms with Crippen LogP contribution >= 0.6 is 15.9 Å². The lowest BCUT2D eigenvalue weighted by atomic mass is 10.3. The second-order valence-corrected chi connectivity index (χ2v) is 3.13. The minimum absolute atomic E-state index is 0.376. The molecule has 0 spiro atoms. The molecule has 0 aliphatic rings. The number of hydrogen-bond acceptors (Lipinski definition) is 2. The molecule has 0 saturated carbocycles. The molecule has 0 aliphatic carbocycles. The lowest BCUT2D eigenvalue weighted by Gasteiger charge is -2.09. The molecule has 1 aromatic rings. The minimum Gasteiger partial charge on any atom is -0.388 e. The van der Waals surface area contributed by atoms with Crippen molar-refractivity contribution in [3.63, 3.8) is 0 Å². The number of nitrogens with zero attached hydrogens (tertiary/aromatic N) is 1. The van der Waals surface area contributed by atoms with E-state index in [9.17, 15) is 22.0 Å². The minimum atomic E-state index is -4.89. The first-order chi connectivity index (χ1) is 6.79. The molecule has 0 unspecified atom stereocenters. The van der Waals surface area contributed by atoms with Gasteiger partial charge in [0.2, 0.25) is 5.88 Å². The van der Waals surface area contributed by atoms with Gasteiger partial charge in [0.25, 0.3) is 6.43 Å². The van der Waals surface area contributed by atoms with Crippen LogP contribution < -0.4 is 4.74 Å². The fourth-order valence-corrected chi connectivity index (χ4v) is 1.25. The number of alkyl halides is 5. The smallest absolute Gasteiger partial charge is 0.388 e. The van der Waals surface area contributed by atoms with Crippen molar-refractivity contribution < 1.29 is 26.7 Å². The van der Waals surface area contributed by atoms with Crippen LogP contribution in [0.4, 0.5) is 22.0 Å². The van der Waals surface area contributed by atoms with Gasteiger partial charge in [0.05, 0.1) is 5.56 Å². The Kier molecular flexibility index (Phi) is 3.48. The third-order valence-corrected chi connectivity index (χ3v) is 1.94. The lowest BCUT2D eigenvalue weighted by molar-refractivity contribution is -0.276. The number of hydrogen-bond donors (Lipinski definition) is 0. The summed E-state index contributed by atoms with van der Waals surface area (Å²) in [5.74, 6) is -0.793. The Morgan fingerprint density at radius 3 is 2.27 bits per heavy atom. The Balaban J connectivity index is 2.92. The first kappa shape index (κ1) is 12.2. The van der Waals surface area contributed by atoms with Gasteiger partial charge in [-0.05, 0) is 22.0 Å². The van der Waals surface area contributed by atoms with Crippen LogP contribution in [0, 0.1) is 0 Å². The highest BCUT2D eigenvalue weighted by Crippen LogP contribution is 2.29. The zero-order valence-electron chi connectivity index (χ0n) is 6.86. The number of pyridine rings is 1. The van der Waals surface area contributed by atoms with Gasteiger partial charge in [0.1, 0.15) is 4.60 Å². The fourth-order valence-electron chi connectivity index (χ4n) is 0.767. The van der Waals surface area contributed by atoms with E-state index in [1.165, 1.54) is 0 Å². The fraction of sp³-hybridized carbons (Fsp3) is 0.286. The van der Waals surface area contributed by atoms with Gasteiger partial charge in [0.15, 0.2) is 0 Å². The van der Waals surface area contributed by atoms with Crippen molar-refractivity contribution in [3.05, 3.63) is 22.3 Å². The van der Waals surface area contributed by atoms with Gasteiger partial charge in [-0.1, -0.05) is 0 Å². The standard InChI is InChI=1S/C7H3BrF5NO/c8-5-3(6(9)10)1-2-4(14-5)15-7(11,12)13/h1-2,6H. The Morgan fingerprint density at radius 2 is 1.87 bits per heavy atom. The summed E-state index contributed by atoms with van der Waals surface area (Å²) in [6.07, 6.45) is -7.70. The van der Waals surface area contributed by atoms with Crippen LogP contribution in [0.2, 0.25) is 0 Å². The number of ether oxygens (including phenoxy) is 1. The first-order valence-electron chi connectivity index (χ1n) is 3.50. The van der Waals surface area contributed by atoms with E-state index >= 15 is 0 Å². The summed E-state index contributed by atoms with van der Waals surface area (Å²) in [6, 6.07) is 1.53. The normalized spacial score (nSPS) is 11.9. The van der Waals surface area contributed by atoms with Crippen LogP contribution in [0.5, 0.6) is 5.88 Å². The molecule has 0 aliphatic heterocycles. The Hall–Kier alpha value is -0.920. The van der Waals surface area contributed by atoms with Crippen molar-refractivity contribution >= 4 is 15.9 Å². The molecule has 0 amide bonds. The summed E-state index contributed by atoms with van der Waals surface area (Å²) in [6.45, 7) is 0. The Bertz CT molecular complexity index is 354. The highest BCUT2D eigenvalue weighted by atomic mass is 79.9. The van der Waals surface area contributed by atoms with E-state index in [4.69, 9.17) is 0 Å². The molecule has 0 N–H and O–H groups in total. The van der Waals surface area contributed by atoms with Crippen molar-refractivity contribution in [2.75, 3.05) is 0 Å².